The predicted octanol–water partition coefficient (Wildman–Crippen LogP) is 3.02. The monoisotopic (exact) mass is 274 g/mol. The van der Waals surface area contributed by atoms with Crippen molar-refractivity contribution in [2.24, 2.45) is 5.92 Å². The molecule has 0 aromatic heterocycles. The molecule has 1 aliphatic rings. The Bertz CT molecular complexity index is 510. The molecular formula is C12H15ClO3S. The Hall–Kier alpha value is -0.740. The fraction of sp³-hybridized carbons (Fsp3) is 0.500. The molecule has 0 spiro atoms. The lowest BCUT2D eigenvalue weighted by Gasteiger charge is -2.11. The molecule has 17 heavy (non-hydrogen) atoms. The number of halogens is 1. The first-order valence-corrected chi connectivity index (χ1v) is 7.87. The highest BCUT2D eigenvalue weighted by Crippen LogP contribution is 2.32. The molecule has 3 nitrogen and oxygen atoms in total. The van der Waals surface area contributed by atoms with Crippen LogP contribution < -0.4 is 4.74 Å². The minimum absolute atomic E-state index is 0.193. The average molecular weight is 275 g/mol. The van der Waals surface area contributed by atoms with Crippen LogP contribution in [0.4, 0.5) is 0 Å². The number of aryl methyl sites for hydroxylation is 2. The van der Waals surface area contributed by atoms with Crippen LogP contribution in [0.1, 0.15) is 24.0 Å². The third-order valence-electron chi connectivity index (χ3n) is 2.86. The molecule has 0 radical (unpaired) electrons. The zero-order valence-corrected chi connectivity index (χ0v) is 11.4. The van der Waals surface area contributed by atoms with E-state index in [9.17, 15) is 8.42 Å². The minimum Gasteiger partial charge on any atom is -0.493 e. The van der Waals surface area contributed by atoms with E-state index in [1.54, 1.807) is 26.0 Å². The van der Waals surface area contributed by atoms with Crippen molar-refractivity contribution in [1.82, 2.24) is 0 Å². The molecule has 1 aliphatic carbocycles. The van der Waals surface area contributed by atoms with Gasteiger partial charge in [-0.1, -0.05) is 0 Å². The predicted molar refractivity (Wildman–Crippen MR) is 67.2 cm³/mol. The van der Waals surface area contributed by atoms with Crippen LogP contribution in [0.2, 0.25) is 0 Å². The van der Waals surface area contributed by atoms with Gasteiger partial charge in [0, 0.05) is 10.7 Å². The summed E-state index contributed by atoms with van der Waals surface area (Å²) in [5, 5.41) is 0. The fourth-order valence-corrected chi connectivity index (χ4v) is 3.49. The second-order valence-corrected chi connectivity index (χ2v) is 7.08. The number of benzene rings is 1. The molecular weight excluding hydrogens is 260 g/mol. The molecule has 0 saturated heterocycles. The van der Waals surface area contributed by atoms with Gasteiger partial charge >= 0.3 is 0 Å². The van der Waals surface area contributed by atoms with Gasteiger partial charge in [-0.25, -0.2) is 8.42 Å². The van der Waals surface area contributed by atoms with Crippen LogP contribution >= 0.6 is 10.7 Å². The van der Waals surface area contributed by atoms with E-state index in [1.807, 2.05) is 0 Å². The summed E-state index contributed by atoms with van der Waals surface area (Å²) in [6.07, 6.45) is 2.46. The summed E-state index contributed by atoms with van der Waals surface area (Å²) in [4.78, 5) is 0.193. The highest BCUT2D eigenvalue weighted by molar-refractivity contribution is 8.13. The molecule has 0 N–H and O–H groups in total. The Balaban J connectivity index is 2.27. The van der Waals surface area contributed by atoms with Crippen molar-refractivity contribution in [2.45, 2.75) is 31.6 Å². The lowest BCUT2D eigenvalue weighted by atomic mass is 10.1. The average Bonchev–Trinajstić information content (AvgIpc) is 2.94. The van der Waals surface area contributed by atoms with Gasteiger partial charge in [-0.15, -0.1) is 0 Å². The Kier molecular flexibility index (Phi) is 3.36. The van der Waals surface area contributed by atoms with E-state index in [2.05, 4.69) is 0 Å². The van der Waals surface area contributed by atoms with E-state index in [-0.39, 0.29) is 4.90 Å². The second-order valence-electron chi connectivity index (χ2n) is 4.58. The molecule has 0 bridgehead atoms. The number of hydrogen-bond acceptors (Lipinski definition) is 3. The lowest BCUT2D eigenvalue weighted by Crippen LogP contribution is -2.03. The molecule has 0 aliphatic heterocycles. The molecule has 1 aromatic rings. The summed E-state index contributed by atoms with van der Waals surface area (Å²) in [6, 6.07) is 3.45. The highest BCUT2D eigenvalue weighted by Gasteiger charge is 2.23. The van der Waals surface area contributed by atoms with E-state index in [0.717, 1.165) is 5.75 Å². The van der Waals surface area contributed by atoms with Gasteiger partial charge in [0.2, 0.25) is 0 Å². The second kappa shape index (κ2) is 4.50. The van der Waals surface area contributed by atoms with Gasteiger partial charge in [0.05, 0.1) is 11.5 Å². The van der Waals surface area contributed by atoms with Gasteiger partial charge in [-0.3, -0.25) is 0 Å². The Morgan fingerprint density at radius 2 is 1.82 bits per heavy atom. The third-order valence-corrected chi connectivity index (χ3v) is 4.45. The summed E-state index contributed by atoms with van der Waals surface area (Å²) in [7, 11) is 1.71. The smallest absolute Gasteiger partial charge is 0.261 e. The first-order valence-electron chi connectivity index (χ1n) is 5.56. The lowest BCUT2D eigenvalue weighted by molar-refractivity contribution is 0.299. The van der Waals surface area contributed by atoms with Crippen LogP contribution in [0.15, 0.2) is 17.0 Å². The van der Waals surface area contributed by atoms with E-state index >= 15 is 0 Å². The number of ether oxygens (including phenoxy) is 1. The van der Waals surface area contributed by atoms with Gasteiger partial charge in [-0.2, -0.15) is 0 Å². The Morgan fingerprint density at radius 3 is 2.24 bits per heavy atom. The van der Waals surface area contributed by atoms with Crippen molar-refractivity contribution < 1.29 is 13.2 Å². The maximum Gasteiger partial charge on any atom is 0.261 e. The quantitative estimate of drug-likeness (QED) is 0.793. The highest BCUT2D eigenvalue weighted by atomic mass is 35.7. The SMILES string of the molecule is Cc1cc(OCC2CC2)cc(C)c1S(=O)(=O)Cl. The third kappa shape index (κ3) is 3.13. The van der Waals surface area contributed by atoms with Gasteiger partial charge < -0.3 is 4.74 Å². The molecule has 2 rings (SSSR count). The van der Waals surface area contributed by atoms with E-state index in [4.69, 9.17) is 15.4 Å². The first-order chi connectivity index (χ1) is 7.88. The van der Waals surface area contributed by atoms with Crippen LogP contribution in [0.5, 0.6) is 5.75 Å². The van der Waals surface area contributed by atoms with Gasteiger partial charge in [0.1, 0.15) is 5.75 Å². The van der Waals surface area contributed by atoms with Crippen molar-refractivity contribution in [3.63, 3.8) is 0 Å². The van der Waals surface area contributed by atoms with Crippen LogP contribution in [-0.2, 0) is 9.05 Å². The van der Waals surface area contributed by atoms with Crippen molar-refractivity contribution >= 4 is 19.7 Å². The summed E-state index contributed by atoms with van der Waals surface area (Å²) in [6.45, 7) is 4.17. The number of rotatable bonds is 4. The molecule has 1 aromatic carbocycles. The van der Waals surface area contributed by atoms with Crippen LogP contribution in [0.25, 0.3) is 0 Å². The van der Waals surface area contributed by atoms with Gasteiger partial charge in [0.25, 0.3) is 9.05 Å². The zero-order chi connectivity index (χ0) is 12.6. The topological polar surface area (TPSA) is 43.4 Å². The molecule has 0 unspecified atom stereocenters. The summed E-state index contributed by atoms with van der Waals surface area (Å²) < 4.78 is 28.4. The van der Waals surface area contributed by atoms with Crippen molar-refractivity contribution in [1.29, 1.82) is 0 Å². The van der Waals surface area contributed by atoms with Crippen LogP contribution in [0, 0.1) is 19.8 Å². The van der Waals surface area contributed by atoms with E-state index in [1.165, 1.54) is 12.8 Å². The standard InChI is InChI=1S/C12H15ClO3S/c1-8-5-11(16-7-10-3-4-10)6-9(2)12(8)17(13,14)15/h5-6,10H,3-4,7H2,1-2H3. The van der Waals surface area contributed by atoms with E-state index < -0.39 is 9.05 Å². The van der Waals surface area contributed by atoms with Crippen LogP contribution in [0.3, 0.4) is 0 Å². The normalized spacial score (nSPS) is 15.9. The molecule has 94 valence electrons. The summed E-state index contributed by atoms with van der Waals surface area (Å²) >= 11 is 0. The number of hydrogen-bond donors (Lipinski definition) is 0. The van der Waals surface area contributed by atoms with Gasteiger partial charge in [0.15, 0.2) is 0 Å². The first kappa shape index (κ1) is 12.7. The fourth-order valence-electron chi connectivity index (χ4n) is 1.88. The van der Waals surface area contributed by atoms with Crippen molar-refractivity contribution in [3.05, 3.63) is 23.3 Å². The summed E-state index contributed by atoms with van der Waals surface area (Å²) in [5.74, 6) is 1.39. The molecule has 1 saturated carbocycles. The molecule has 5 heteroatoms. The molecule has 0 heterocycles. The van der Waals surface area contributed by atoms with E-state index in [0.29, 0.717) is 23.7 Å². The molecule has 1 fully saturated rings. The van der Waals surface area contributed by atoms with Crippen molar-refractivity contribution in [3.8, 4) is 5.75 Å². The largest absolute Gasteiger partial charge is 0.493 e. The van der Waals surface area contributed by atoms with Crippen molar-refractivity contribution in [2.75, 3.05) is 6.61 Å². The molecule has 0 amide bonds. The maximum absolute atomic E-state index is 11.4. The van der Waals surface area contributed by atoms with Gasteiger partial charge in [-0.05, 0) is 55.9 Å². The summed E-state index contributed by atoms with van der Waals surface area (Å²) in [5.41, 5.74) is 1.26. The zero-order valence-electron chi connectivity index (χ0n) is 9.86. The minimum atomic E-state index is -3.68. The Labute approximate surface area is 106 Å². The Morgan fingerprint density at radius 1 is 1.29 bits per heavy atom. The maximum atomic E-state index is 11.4. The molecule has 0 atom stereocenters. The van der Waals surface area contributed by atoms with Crippen LogP contribution in [-0.4, -0.2) is 15.0 Å².